The number of carbonyl (C=O) groups is 1. The molecule has 3 heteroatoms. The number of benzene rings is 1. The van der Waals surface area contributed by atoms with E-state index in [-0.39, 0.29) is 12.3 Å². The number of carbonyl (C=O) groups excluding carboxylic acids is 1. The second kappa shape index (κ2) is 7.52. The fourth-order valence-corrected chi connectivity index (χ4v) is 1.71. The number of rotatable bonds is 6. The van der Waals surface area contributed by atoms with Crippen LogP contribution in [-0.4, -0.2) is 18.5 Å². The smallest absolute Gasteiger partial charge is 0.237 e. The molecule has 1 rings (SSSR count). The molecule has 0 aliphatic rings. The standard InChI is InChI=1S/C15H20N2O/c1-3-7-14(16)15(18)17-11-10-12(2)13-8-5-4-6-9-13/h1,4-6,8-9,12,14H,7,10-11,16H2,2H3,(H,17,18). The third kappa shape index (κ3) is 4.60. The van der Waals surface area contributed by atoms with Crippen LogP contribution in [0.25, 0.3) is 0 Å². The second-order valence-electron chi connectivity index (χ2n) is 4.41. The molecular formula is C15H20N2O. The number of terminal acetylenes is 1. The molecule has 0 radical (unpaired) electrons. The lowest BCUT2D eigenvalue weighted by Crippen LogP contribution is -2.40. The van der Waals surface area contributed by atoms with E-state index in [0.717, 1.165) is 6.42 Å². The highest BCUT2D eigenvalue weighted by Crippen LogP contribution is 2.17. The van der Waals surface area contributed by atoms with Gasteiger partial charge in [-0.2, -0.15) is 0 Å². The number of hydrogen-bond acceptors (Lipinski definition) is 2. The fraction of sp³-hybridized carbons (Fsp3) is 0.400. The Morgan fingerprint density at radius 3 is 2.72 bits per heavy atom. The van der Waals surface area contributed by atoms with Crippen LogP contribution in [0.4, 0.5) is 0 Å². The molecule has 0 fully saturated rings. The van der Waals surface area contributed by atoms with Gasteiger partial charge in [0.15, 0.2) is 0 Å². The van der Waals surface area contributed by atoms with Gasteiger partial charge in [-0.25, -0.2) is 0 Å². The first-order valence-electron chi connectivity index (χ1n) is 6.17. The van der Waals surface area contributed by atoms with Gasteiger partial charge >= 0.3 is 0 Å². The molecule has 0 heterocycles. The van der Waals surface area contributed by atoms with Crippen LogP contribution in [0.3, 0.4) is 0 Å². The SMILES string of the molecule is C#CCC(N)C(=O)NCCC(C)c1ccccc1. The summed E-state index contributed by atoms with van der Waals surface area (Å²) in [6, 6.07) is 9.63. The van der Waals surface area contributed by atoms with E-state index in [2.05, 4.69) is 30.3 Å². The van der Waals surface area contributed by atoms with Crippen LogP contribution >= 0.6 is 0 Å². The lowest BCUT2D eigenvalue weighted by atomic mass is 9.98. The van der Waals surface area contributed by atoms with Gasteiger partial charge in [-0.3, -0.25) is 4.79 Å². The lowest BCUT2D eigenvalue weighted by Gasteiger charge is -2.14. The van der Waals surface area contributed by atoms with E-state index < -0.39 is 6.04 Å². The Kier molecular flexibility index (Phi) is 5.96. The van der Waals surface area contributed by atoms with Crippen LogP contribution in [0.1, 0.15) is 31.2 Å². The molecule has 18 heavy (non-hydrogen) atoms. The molecule has 0 saturated carbocycles. The first-order chi connectivity index (χ1) is 8.65. The quantitative estimate of drug-likeness (QED) is 0.748. The maximum Gasteiger partial charge on any atom is 0.237 e. The van der Waals surface area contributed by atoms with Gasteiger partial charge in [0.25, 0.3) is 0 Å². The average molecular weight is 244 g/mol. The minimum atomic E-state index is -0.595. The highest BCUT2D eigenvalue weighted by atomic mass is 16.2. The Balaban J connectivity index is 2.30. The normalized spacial score (nSPS) is 13.4. The number of amides is 1. The van der Waals surface area contributed by atoms with Crippen LogP contribution in [0.5, 0.6) is 0 Å². The van der Waals surface area contributed by atoms with Crippen LogP contribution in [0.2, 0.25) is 0 Å². The predicted molar refractivity (Wildman–Crippen MR) is 73.9 cm³/mol. The zero-order valence-electron chi connectivity index (χ0n) is 10.7. The maximum absolute atomic E-state index is 11.5. The van der Waals surface area contributed by atoms with Gasteiger partial charge < -0.3 is 11.1 Å². The van der Waals surface area contributed by atoms with E-state index in [1.165, 1.54) is 5.56 Å². The highest BCUT2D eigenvalue weighted by molar-refractivity contribution is 5.81. The summed E-state index contributed by atoms with van der Waals surface area (Å²) in [5.74, 6) is 2.63. The Bertz CT molecular complexity index is 408. The lowest BCUT2D eigenvalue weighted by molar-refractivity contribution is -0.122. The molecular weight excluding hydrogens is 224 g/mol. The molecule has 3 nitrogen and oxygen atoms in total. The molecule has 0 aliphatic carbocycles. The zero-order chi connectivity index (χ0) is 13.4. The Morgan fingerprint density at radius 2 is 2.11 bits per heavy atom. The topological polar surface area (TPSA) is 55.1 Å². The fourth-order valence-electron chi connectivity index (χ4n) is 1.71. The van der Waals surface area contributed by atoms with Crippen molar-refractivity contribution in [3.63, 3.8) is 0 Å². The van der Waals surface area contributed by atoms with Gasteiger partial charge in [-0.05, 0) is 17.9 Å². The summed E-state index contributed by atoms with van der Waals surface area (Å²) in [6.45, 7) is 2.76. The average Bonchev–Trinajstić information content (AvgIpc) is 2.39. The van der Waals surface area contributed by atoms with Gasteiger partial charge in [0.1, 0.15) is 0 Å². The van der Waals surface area contributed by atoms with Crippen molar-refractivity contribution in [2.45, 2.75) is 31.7 Å². The summed E-state index contributed by atoms with van der Waals surface area (Å²) in [7, 11) is 0. The van der Waals surface area contributed by atoms with Crippen molar-refractivity contribution in [3.8, 4) is 12.3 Å². The minimum Gasteiger partial charge on any atom is -0.355 e. The van der Waals surface area contributed by atoms with Crippen molar-refractivity contribution in [1.82, 2.24) is 5.32 Å². The molecule has 1 amide bonds. The largest absolute Gasteiger partial charge is 0.355 e. The predicted octanol–water partition coefficient (Wildman–Crippen LogP) is 1.65. The Labute approximate surface area is 109 Å². The van der Waals surface area contributed by atoms with Crippen molar-refractivity contribution >= 4 is 5.91 Å². The molecule has 0 aliphatic heterocycles. The molecule has 3 N–H and O–H groups in total. The van der Waals surface area contributed by atoms with Crippen molar-refractivity contribution in [2.75, 3.05) is 6.54 Å². The van der Waals surface area contributed by atoms with Crippen molar-refractivity contribution in [3.05, 3.63) is 35.9 Å². The Hall–Kier alpha value is -1.79. The summed E-state index contributed by atoms with van der Waals surface area (Å²) in [5, 5.41) is 2.81. The molecule has 96 valence electrons. The van der Waals surface area contributed by atoms with Crippen molar-refractivity contribution < 1.29 is 4.79 Å². The molecule has 0 saturated heterocycles. The minimum absolute atomic E-state index is 0.173. The number of nitrogens with one attached hydrogen (secondary N) is 1. The summed E-state index contributed by atoms with van der Waals surface area (Å²) in [4.78, 5) is 11.5. The summed E-state index contributed by atoms with van der Waals surface area (Å²) < 4.78 is 0. The molecule has 1 aromatic rings. The van der Waals surface area contributed by atoms with E-state index in [0.29, 0.717) is 12.5 Å². The van der Waals surface area contributed by atoms with E-state index >= 15 is 0 Å². The number of hydrogen-bond donors (Lipinski definition) is 2. The maximum atomic E-state index is 11.5. The van der Waals surface area contributed by atoms with Crippen molar-refractivity contribution in [2.24, 2.45) is 5.73 Å². The first kappa shape index (κ1) is 14.3. The van der Waals surface area contributed by atoms with Crippen LogP contribution in [0.15, 0.2) is 30.3 Å². The molecule has 1 aromatic carbocycles. The highest BCUT2D eigenvalue weighted by Gasteiger charge is 2.12. The van der Waals surface area contributed by atoms with E-state index in [1.807, 2.05) is 18.2 Å². The molecule has 0 spiro atoms. The van der Waals surface area contributed by atoms with E-state index in [1.54, 1.807) is 0 Å². The number of nitrogens with two attached hydrogens (primary N) is 1. The molecule has 2 atom stereocenters. The molecule has 0 bridgehead atoms. The Morgan fingerprint density at radius 1 is 1.44 bits per heavy atom. The van der Waals surface area contributed by atoms with Crippen LogP contribution in [0, 0.1) is 12.3 Å². The third-order valence-corrected chi connectivity index (χ3v) is 2.92. The first-order valence-corrected chi connectivity index (χ1v) is 6.17. The van der Waals surface area contributed by atoms with Gasteiger partial charge in [0.05, 0.1) is 6.04 Å². The van der Waals surface area contributed by atoms with Gasteiger partial charge in [-0.15, -0.1) is 12.3 Å². The second-order valence-corrected chi connectivity index (χ2v) is 4.41. The third-order valence-electron chi connectivity index (χ3n) is 2.92. The van der Waals surface area contributed by atoms with Crippen LogP contribution in [-0.2, 0) is 4.79 Å². The summed E-state index contributed by atoms with van der Waals surface area (Å²) >= 11 is 0. The molecule has 0 aromatic heterocycles. The molecule has 2 unspecified atom stereocenters. The van der Waals surface area contributed by atoms with Crippen LogP contribution < -0.4 is 11.1 Å². The summed E-state index contributed by atoms with van der Waals surface area (Å²) in [5.41, 5.74) is 6.88. The summed E-state index contributed by atoms with van der Waals surface area (Å²) in [6.07, 6.45) is 6.28. The van der Waals surface area contributed by atoms with Gasteiger partial charge in [0.2, 0.25) is 5.91 Å². The van der Waals surface area contributed by atoms with E-state index in [4.69, 9.17) is 12.2 Å². The monoisotopic (exact) mass is 244 g/mol. The van der Waals surface area contributed by atoms with Gasteiger partial charge in [0, 0.05) is 13.0 Å². The van der Waals surface area contributed by atoms with Gasteiger partial charge in [-0.1, -0.05) is 37.3 Å². The van der Waals surface area contributed by atoms with Crippen molar-refractivity contribution in [1.29, 1.82) is 0 Å². The zero-order valence-corrected chi connectivity index (χ0v) is 10.7. The van der Waals surface area contributed by atoms with E-state index in [9.17, 15) is 4.79 Å².